The van der Waals surface area contributed by atoms with Crippen molar-refractivity contribution in [1.29, 1.82) is 0 Å². The maximum absolute atomic E-state index is 5.91. The van der Waals surface area contributed by atoms with Gasteiger partial charge in [-0.2, -0.15) is 0 Å². The molecule has 0 amide bonds. The number of nitrogens with one attached hydrogen (secondary N) is 1. The smallest absolute Gasteiger partial charge is 0.0588 e. The molecule has 1 aliphatic heterocycles. The number of benzene rings is 1. The molecule has 1 N–H and O–H groups in total. The third-order valence-electron chi connectivity index (χ3n) is 4.40. The Labute approximate surface area is 120 Å². The predicted octanol–water partition coefficient (Wildman–Crippen LogP) is 3.74. The standard InChI is InChI=1S/C16H22ClNO/c17-14-5-3-12(4-6-14)13-10-15(11-13)18-8-7-16-2-1-9-19-16/h3-6,13,15-16,18H,1-2,7-11H2. The van der Waals surface area contributed by atoms with Crippen molar-refractivity contribution in [2.75, 3.05) is 13.2 Å². The average Bonchev–Trinajstić information content (AvgIpc) is 2.87. The number of rotatable bonds is 5. The highest BCUT2D eigenvalue weighted by Crippen LogP contribution is 2.37. The lowest BCUT2D eigenvalue weighted by Crippen LogP contribution is -2.41. The Morgan fingerprint density at radius 3 is 2.68 bits per heavy atom. The van der Waals surface area contributed by atoms with Crippen LogP contribution < -0.4 is 5.32 Å². The first kappa shape index (κ1) is 13.4. The van der Waals surface area contributed by atoms with Gasteiger partial charge in [0, 0.05) is 17.7 Å². The summed E-state index contributed by atoms with van der Waals surface area (Å²) in [5.74, 6) is 0.720. The lowest BCUT2D eigenvalue weighted by atomic mass is 9.76. The van der Waals surface area contributed by atoms with Gasteiger partial charge in [-0.25, -0.2) is 0 Å². The zero-order valence-electron chi connectivity index (χ0n) is 11.3. The lowest BCUT2D eigenvalue weighted by Gasteiger charge is -2.36. The van der Waals surface area contributed by atoms with Crippen molar-refractivity contribution in [1.82, 2.24) is 5.32 Å². The van der Waals surface area contributed by atoms with Crippen LogP contribution in [0.2, 0.25) is 5.02 Å². The van der Waals surface area contributed by atoms with Gasteiger partial charge in [-0.15, -0.1) is 0 Å². The first-order valence-electron chi connectivity index (χ1n) is 7.42. The Morgan fingerprint density at radius 2 is 2.00 bits per heavy atom. The molecule has 104 valence electrons. The molecule has 1 saturated heterocycles. The van der Waals surface area contributed by atoms with Crippen LogP contribution in [-0.4, -0.2) is 25.3 Å². The Balaban J connectivity index is 1.34. The minimum absolute atomic E-state index is 0.514. The zero-order chi connectivity index (χ0) is 13.1. The second-order valence-electron chi connectivity index (χ2n) is 5.79. The molecular weight excluding hydrogens is 258 g/mol. The summed E-state index contributed by atoms with van der Waals surface area (Å²) in [7, 11) is 0. The van der Waals surface area contributed by atoms with Crippen LogP contribution in [0.4, 0.5) is 0 Å². The van der Waals surface area contributed by atoms with Gasteiger partial charge in [0.1, 0.15) is 0 Å². The summed E-state index contributed by atoms with van der Waals surface area (Å²) in [5, 5.41) is 4.48. The number of halogens is 1. The van der Waals surface area contributed by atoms with Crippen LogP contribution in [0.3, 0.4) is 0 Å². The van der Waals surface area contributed by atoms with Gasteiger partial charge in [0.25, 0.3) is 0 Å². The largest absolute Gasteiger partial charge is 0.378 e. The van der Waals surface area contributed by atoms with Crippen LogP contribution in [-0.2, 0) is 4.74 Å². The van der Waals surface area contributed by atoms with Crippen molar-refractivity contribution in [3.05, 3.63) is 34.9 Å². The fraction of sp³-hybridized carbons (Fsp3) is 0.625. The van der Waals surface area contributed by atoms with Gasteiger partial charge in [-0.3, -0.25) is 0 Å². The van der Waals surface area contributed by atoms with Crippen molar-refractivity contribution in [2.45, 2.75) is 50.2 Å². The average molecular weight is 280 g/mol. The molecule has 1 aromatic rings. The number of ether oxygens (including phenoxy) is 1. The molecule has 1 aliphatic carbocycles. The minimum atomic E-state index is 0.514. The molecule has 0 bridgehead atoms. The predicted molar refractivity (Wildman–Crippen MR) is 78.8 cm³/mol. The van der Waals surface area contributed by atoms with Crippen LogP contribution in [0.15, 0.2) is 24.3 Å². The first-order valence-corrected chi connectivity index (χ1v) is 7.79. The summed E-state index contributed by atoms with van der Waals surface area (Å²) in [6.07, 6.45) is 6.69. The van der Waals surface area contributed by atoms with Crippen LogP contribution in [0.1, 0.15) is 43.6 Å². The van der Waals surface area contributed by atoms with Crippen LogP contribution in [0, 0.1) is 0 Å². The van der Waals surface area contributed by atoms with E-state index in [9.17, 15) is 0 Å². The summed E-state index contributed by atoms with van der Waals surface area (Å²) in [5.41, 5.74) is 1.43. The van der Waals surface area contributed by atoms with E-state index in [1.165, 1.54) is 37.7 Å². The number of hydrogen-bond acceptors (Lipinski definition) is 2. The van der Waals surface area contributed by atoms with Gasteiger partial charge in [0.05, 0.1) is 6.10 Å². The van der Waals surface area contributed by atoms with Gasteiger partial charge in [0.2, 0.25) is 0 Å². The van der Waals surface area contributed by atoms with E-state index < -0.39 is 0 Å². The zero-order valence-corrected chi connectivity index (χ0v) is 12.0. The molecule has 2 fully saturated rings. The van der Waals surface area contributed by atoms with Crippen molar-refractivity contribution in [3.8, 4) is 0 Å². The van der Waals surface area contributed by atoms with Gasteiger partial charge >= 0.3 is 0 Å². The Kier molecular flexibility index (Phi) is 4.42. The third-order valence-corrected chi connectivity index (χ3v) is 4.65. The van der Waals surface area contributed by atoms with Gasteiger partial charge < -0.3 is 10.1 Å². The van der Waals surface area contributed by atoms with Gasteiger partial charge in [-0.1, -0.05) is 23.7 Å². The van der Waals surface area contributed by atoms with Crippen molar-refractivity contribution >= 4 is 11.6 Å². The molecule has 1 saturated carbocycles. The first-order chi connectivity index (χ1) is 9.31. The van der Waals surface area contributed by atoms with Crippen LogP contribution in [0.25, 0.3) is 0 Å². The van der Waals surface area contributed by atoms with Crippen LogP contribution in [0.5, 0.6) is 0 Å². The van der Waals surface area contributed by atoms with Crippen molar-refractivity contribution in [3.63, 3.8) is 0 Å². The van der Waals surface area contributed by atoms with E-state index in [-0.39, 0.29) is 0 Å². The minimum Gasteiger partial charge on any atom is -0.378 e. The molecular formula is C16H22ClNO. The van der Waals surface area contributed by atoms with Crippen molar-refractivity contribution < 1.29 is 4.74 Å². The second-order valence-corrected chi connectivity index (χ2v) is 6.23. The molecule has 2 nitrogen and oxygen atoms in total. The SMILES string of the molecule is Clc1ccc(C2CC(NCCC3CCCO3)C2)cc1. The molecule has 3 rings (SSSR count). The molecule has 0 spiro atoms. The number of hydrogen-bond donors (Lipinski definition) is 1. The maximum atomic E-state index is 5.91. The molecule has 3 heteroatoms. The molecule has 1 unspecified atom stereocenters. The van der Waals surface area contributed by atoms with Gasteiger partial charge in [-0.05, 0) is 62.3 Å². The quantitative estimate of drug-likeness (QED) is 0.886. The summed E-state index contributed by atoms with van der Waals surface area (Å²) >= 11 is 5.91. The summed E-state index contributed by atoms with van der Waals surface area (Å²) in [6.45, 7) is 2.06. The van der Waals surface area contributed by atoms with E-state index in [4.69, 9.17) is 16.3 Å². The Bertz CT molecular complexity index is 394. The van der Waals surface area contributed by atoms with Gasteiger partial charge in [0.15, 0.2) is 0 Å². The normalized spacial score (nSPS) is 30.3. The molecule has 19 heavy (non-hydrogen) atoms. The topological polar surface area (TPSA) is 21.3 Å². The molecule has 1 aromatic carbocycles. The summed E-state index contributed by atoms with van der Waals surface area (Å²) in [4.78, 5) is 0. The highest BCUT2D eigenvalue weighted by molar-refractivity contribution is 6.30. The molecule has 0 aromatic heterocycles. The lowest BCUT2D eigenvalue weighted by molar-refractivity contribution is 0.102. The third kappa shape index (κ3) is 3.50. The second kappa shape index (κ2) is 6.25. The van der Waals surface area contributed by atoms with Crippen molar-refractivity contribution in [2.24, 2.45) is 0 Å². The summed E-state index contributed by atoms with van der Waals surface area (Å²) < 4.78 is 5.64. The van der Waals surface area contributed by atoms with E-state index in [0.717, 1.165) is 24.1 Å². The molecule has 0 radical (unpaired) electrons. The van der Waals surface area contributed by atoms with Crippen LogP contribution >= 0.6 is 11.6 Å². The fourth-order valence-electron chi connectivity index (χ4n) is 3.11. The fourth-order valence-corrected chi connectivity index (χ4v) is 3.24. The van der Waals surface area contributed by atoms with E-state index in [1.54, 1.807) is 0 Å². The van der Waals surface area contributed by atoms with E-state index in [2.05, 4.69) is 17.4 Å². The molecule has 2 aliphatic rings. The summed E-state index contributed by atoms with van der Waals surface area (Å²) in [6, 6.07) is 9.01. The Hall–Kier alpha value is -0.570. The molecule has 1 heterocycles. The van der Waals surface area contributed by atoms with E-state index in [0.29, 0.717) is 12.1 Å². The van der Waals surface area contributed by atoms with E-state index in [1.807, 2.05) is 12.1 Å². The Morgan fingerprint density at radius 1 is 1.21 bits per heavy atom. The highest BCUT2D eigenvalue weighted by Gasteiger charge is 2.29. The molecule has 1 atom stereocenters. The highest BCUT2D eigenvalue weighted by atomic mass is 35.5. The maximum Gasteiger partial charge on any atom is 0.0588 e. The monoisotopic (exact) mass is 279 g/mol. The van der Waals surface area contributed by atoms with E-state index >= 15 is 0 Å².